The Labute approximate surface area is 108 Å². The van der Waals surface area contributed by atoms with Gasteiger partial charge in [-0.3, -0.25) is 0 Å². The molecule has 1 heterocycles. The van der Waals surface area contributed by atoms with E-state index >= 15 is 0 Å². The molecular weight excluding hydrogens is 255 g/mol. The highest BCUT2D eigenvalue weighted by Crippen LogP contribution is 2.33. The van der Waals surface area contributed by atoms with E-state index in [4.69, 9.17) is 0 Å². The largest absolute Gasteiger partial charge is 0.389 e. The molecule has 0 amide bonds. The van der Waals surface area contributed by atoms with Crippen LogP contribution in [0.2, 0.25) is 0 Å². The average molecular weight is 268 g/mol. The molecule has 2 aromatic rings. The van der Waals surface area contributed by atoms with Crippen molar-refractivity contribution < 1.29 is 9.50 Å². The smallest absolute Gasteiger partial charge is 0.213 e. The van der Waals surface area contributed by atoms with Crippen LogP contribution in [-0.2, 0) is 7.05 Å². The molecule has 5 nitrogen and oxygen atoms in total. The van der Waals surface area contributed by atoms with Crippen molar-refractivity contribution in [1.29, 1.82) is 0 Å². The van der Waals surface area contributed by atoms with E-state index in [1.807, 2.05) is 0 Å². The van der Waals surface area contributed by atoms with Crippen molar-refractivity contribution in [3.8, 4) is 0 Å². The number of tetrazole rings is 1. The van der Waals surface area contributed by atoms with Crippen molar-refractivity contribution >= 4 is 11.8 Å². The first-order chi connectivity index (χ1) is 8.49. The molecule has 7 heteroatoms. The summed E-state index contributed by atoms with van der Waals surface area (Å²) in [5.41, 5.74) is 1.06. The number of aryl methyl sites for hydroxylation is 2. The van der Waals surface area contributed by atoms with Gasteiger partial charge in [0, 0.05) is 11.9 Å². The number of aliphatic hydroxyl groups excluding tert-OH is 1. The number of hydrogen-bond acceptors (Lipinski definition) is 5. The van der Waals surface area contributed by atoms with Gasteiger partial charge in [0.15, 0.2) is 0 Å². The van der Waals surface area contributed by atoms with Gasteiger partial charge < -0.3 is 5.11 Å². The minimum Gasteiger partial charge on any atom is -0.389 e. The molecular formula is C11H13FN4OS. The first-order valence-corrected chi connectivity index (χ1v) is 6.19. The third kappa shape index (κ3) is 2.51. The Bertz CT molecular complexity index is 570. The second-order valence-electron chi connectivity index (χ2n) is 4.00. The van der Waals surface area contributed by atoms with E-state index in [9.17, 15) is 9.50 Å². The maximum Gasteiger partial charge on any atom is 0.213 e. The summed E-state index contributed by atoms with van der Waals surface area (Å²) >= 11 is 1.30. The Morgan fingerprint density at radius 1 is 1.44 bits per heavy atom. The third-order valence-corrected chi connectivity index (χ3v) is 3.63. The quantitative estimate of drug-likeness (QED) is 0.920. The Balaban J connectivity index is 2.43. The van der Waals surface area contributed by atoms with Crippen LogP contribution in [-0.4, -0.2) is 25.3 Å². The topological polar surface area (TPSA) is 63.8 Å². The van der Waals surface area contributed by atoms with Crippen LogP contribution in [0.1, 0.15) is 24.2 Å². The molecule has 0 aliphatic heterocycles. The Hall–Kier alpha value is -1.47. The molecule has 0 radical (unpaired) electrons. The van der Waals surface area contributed by atoms with Crippen LogP contribution >= 0.6 is 11.8 Å². The van der Waals surface area contributed by atoms with Gasteiger partial charge in [0.2, 0.25) is 5.16 Å². The molecule has 0 aliphatic rings. The number of halogens is 1. The summed E-state index contributed by atoms with van der Waals surface area (Å²) in [6, 6.07) is 3.04. The van der Waals surface area contributed by atoms with Crippen molar-refractivity contribution in [3.63, 3.8) is 0 Å². The molecule has 0 aliphatic carbocycles. The van der Waals surface area contributed by atoms with Gasteiger partial charge in [-0.15, -0.1) is 5.10 Å². The van der Waals surface area contributed by atoms with Gasteiger partial charge >= 0.3 is 0 Å². The lowest BCUT2D eigenvalue weighted by molar-refractivity contribution is 0.196. The number of nitrogens with zero attached hydrogens (tertiary/aromatic N) is 4. The fourth-order valence-corrected chi connectivity index (χ4v) is 2.52. The van der Waals surface area contributed by atoms with E-state index in [-0.39, 0.29) is 5.82 Å². The lowest BCUT2D eigenvalue weighted by Crippen LogP contribution is -1.99. The predicted octanol–water partition coefficient (Wildman–Crippen LogP) is 1.86. The molecule has 0 bridgehead atoms. The Kier molecular flexibility index (Phi) is 3.63. The monoisotopic (exact) mass is 268 g/mol. The van der Waals surface area contributed by atoms with Crippen molar-refractivity contribution in [2.75, 3.05) is 0 Å². The summed E-state index contributed by atoms with van der Waals surface area (Å²) in [5.74, 6) is -0.327. The van der Waals surface area contributed by atoms with Gasteiger partial charge in [-0.1, -0.05) is 0 Å². The van der Waals surface area contributed by atoms with Crippen LogP contribution in [0, 0.1) is 12.7 Å². The zero-order chi connectivity index (χ0) is 13.3. The molecule has 2 rings (SSSR count). The zero-order valence-corrected chi connectivity index (χ0v) is 11.1. The van der Waals surface area contributed by atoms with Crippen LogP contribution in [0.25, 0.3) is 0 Å². The van der Waals surface area contributed by atoms with Gasteiger partial charge in [0.1, 0.15) is 5.82 Å². The second-order valence-corrected chi connectivity index (χ2v) is 5.01. The first kappa shape index (κ1) is 13.0. The third-order valence-electron chi connectivity index (χ3n) is 2.52. The number of benzene rings is 1. The SMILES string of the molecule is Cc1cc(Sc2nnnn2C)c(C(C)O)cc1F. The van der Waals surface area contributed by atoms with E-state index in [0.717, 1.165) is 4.90 Å². The van der Waals surface area contributed by atoms with Gasteiger partial charge in [0.05, 0.1) is 6.10 Å². The Morgan fingerprint density at radius 2 is 2.17 bits per heavy atom. The maximum absolute atomic E-state index is 13.5. The van der Waals surface area contributed by atoms with Crippen LogP contribution in [0.4, 0.5) is 4.39 Å². The lowest BCUT2D eigenvalue weighted by Gasteiger charge is -2.12. The molecule has 1 aromatic carbocycles. The van der Waals surface area contributed by atoms with Crippen molar-refractivity contribution in [3.05, 3.63) is 29.1 Å². The van der Waals surface area contributed by atoms with Gasteiger partial charge in [-0.2, -0.15) is 0 Å². The maximum atomic E-state index is 13.5. The minimum absolute atomic E-state index is 0.327. The van der Waals surface area contributed by atoms with Gasteiger partial charge in [0.25, 0.3) is 0 Å². The van der Waals surface area contributed by atoms with Crippen LogP contribution in [0.5, 0.6) is 0 Å². The molecule has 0 fully saturated rings. The molecule has 0 saturated carbocycles. The molecule has 1 aromatic heterocycles. The summed E-state index contributed by atoms with van der Waals surface area (Å²) in [7, 11) is 1.72. The standard InChI is InChI=1S/C11H13FN4OS/c1-6-4-10(8(7(2)17)5-9(6)12)18-11-13-14-15-16(11)3/h4-5,7,17H,1-3H3. The van der Waals surface area contributed by atoms with Gasteiger partial charge in [-0.05, 0) is 59.3 Å². The summed E-state index contributed by atoms with van der Waals surface area (Å²) in [6.45, 7) is 3.28. The molecule has 1 atom stereocenters. The average Bonchev–Trinajstić information content (AvgIpc) is 2.69. The molecule has 18 heavy (non-hydrogen) atoms. The van der Waals surface area contributed by atoms with Crippen molar-refractivity contribution in [1.82, 2.24) is 20.2 Å². The summed E-state index contributed by atoms with van der Waals surface area (Å²) in [5, 5.41) is 21.4. The van der Waals surface area contributed by atoms with Crippen LogP contribution in [0.15, 0.2) is 22.2 Å². The summed E-state index contributed by atoms with van der Waals surface area (Å²) < 4.78 is 15.0. The van der Waals surface area contributed by atoms with E-state index < -0.39 is 6.10 Å². The number of hydrogen-bond donors (Lipinski definition) is 1. The highest BCUT2D eigenvalue weighted by atomic mass is 32.2. The van der Waals surface area contributed by atoms with Crippen molar-refractivity contribution in [2.24, 2.45) is 7.05 Å². The number of aliphatic hydroxyl groups is 1. The van der Waals surface area contributed by atoms with E-state index in [1.165, 1.54) is 22.5 Å². The van der Waals surface area contributed by atoms with Crippen LogP contribution < -0.4 is 0 Å². The number of rotatable bonds is 3. The fraction of sp³-hybridized carbons (Fsp3) is 0.364. The van der Waals surface area contributed by atoms with Crippen molar-refractivity contribution in [2.45, 2.75) is 30.0 Å². The second kappa shape index (κ2) is 5.03. The number of aromatic nitrogens is 4. The normalized spacial score (nSPS) is 12.7. The first-order valence-electron chi connectivity index (χ1n) is 5.37. The van der Waals surface area contributed by atoms with Crippen LogP contribution in [0.3, 0.4) is 0 Å². The van der Waals surface area contributed by atoms with Gasteiger partial charge in [-0.25, -0.2) is 9.07 Å². The highest BCUT2D eigenvalue weighted by molar-refractivity contribution is 7.99. The lowest BCUT2D eigenvalue weighted by atomic mass is 10.1. The van der Waals surface area contributed by atoms with E-state index in [1.54, 1.807) is 27.0 Å². The predicted molar refractivity (Wildman–Crippen MR) is 64.7 cm³/mol. The fourth-order valence-electron chi connectivity index (χ4n) is 1.49. The zero-order valence-electron chi connectivity index (χ0n) is 10.3. The van der Waals surface area contributed by atoms with E-state index in [0.29, 0.717) is 16.3 Å². The molecule has 96 valence electrons. The molecule has 0 saturated heterocycles. The minimum atomic E-state index is -0.746. The highest BCUT2D eigenvalue weighted by Gasteiger charge is 2.15. The molecule has 1 unspecified atom stereocenters. The summed E-state index contributed by atoms with van der Waals surface area (Å²) in [6.07, 6.45) is -0.746. The van der Waals surface area contributed by atoms with E-state index in [2.05, 4.69) is 15.5 Å². The Morgan fingerprint density at radius 3 is 2.72 bits per heavy atom. The molecule has 1 N–H and O–H groups in total. The molecule has 0 spiro atoms. The summed E-state index contributed by atoms with van der Waals surface area (Å²) in [4.78, 5) is 0.752.